The number of nitrogens with zero attached hydrogens (tertiary/aromatic N) is 3. The fourth-order valence-electron chi connectivity index (χ4n) is 3.51. The van der Waals surface area contributed by atoms with Crippen molar-refractivity contribution < 1.29 is 0 Å². The van der Waals surface area contributed by atoms with Crippen molar-refractivity contribution in [2.45, 2.75) is 13.0 Å². The Morgan fingerprint density at radius 3 is 2.07 bits per heavy atom. The van der Waals surface area contributed by atoms with E-state index in [0.29, 0.717) is 0 Å². The molecule has 0 aliphatic heterocycles. The van der Waals surface area contributed by atoms with E-state index in [1.54, 1.807) is 12.4 Å². The van der Waals surface area contributed by atoms with Crippen LogP contribution < -0.4 is 4.90 Å². The lowest BCUT2D eigenvalue weighted by molar-refractivity contribution is 0.772. The maximum atomic E-state index is 6.25. The Balaban J connectivity index is 1.84. The predicted octanol–water partition coefficient (Wildman–Crippen LogP) is 6.70. The highest BCUT2D eigenvalue weighted by molar-refractivity contribution is 6.30. The van der Waals surface area contributed by atoms with Crippen LogP contribution in [0.15, 0.2) is 97.6 Å². The SMILES string of the molecule is CC(c1ccccc1-c1cccc(Cl)c1)N(c1cccnc1)c1cccnc1. The number of hydrogen-bond acceptors (Lipinski definition) is 3. The van der Waals surface area contributed by atoms with Gasteiger partial charge in [0.2, 0.25) is 0 Å². The Hall–Kier alpha value is -3.17. The molecule has 4 aromatic rings. The summed E-state index contributed by atoms with van der Waals surface area (Å²) in [5.41, 5.74) is 5.51. The van der Waals surface area contributed by atoms with Crippen molar-refractivity contribution in [3.63, 3.8) is 0 Å². The van der Waals surface area contributed by atoms with Gasteiger partial charge in [0.05, 0.1) is 29.8 Å². The van der Waals surface area contributed by atoms with Gasteiger partial charge in [0, 0.05) is 17.4 Å². The molecule has 1 unspecified atom stereocenters. The van der Waals surface area contributed by atoms with Gasteiger partial charge in [-0.15, -0.1) is 0 Å². The third kappa shape index (κ3) is 3.75. The molecule has 0 fully saturated rings. The zero-order chi connectivity index (χ0) is 19.3. The van der Waals surface area contributed by atoms with E-state index in [-0.39, 0.29) is 6.04 Å². The summed E-state index contributed by atoms with van der Waals surface area (Å²) in [6, 6.07) is 24.5. The van der Waals surface area contributed by atoms with Gasteiger partial charge in [-0.1, -0.05) is 48.0 Å². The largest absolute Gasteiger partial charge is 0.332 e. The molecule has 0 aliphatic rings. The van der Waals surface area contributed by atoms with Crippen LogP contribution in [0.4, 0.5) is 11.4 Å². The summed E-state index contributed by atoms with van der Waals surface area (Å²) in [5, 5.41) is 0.733. The van der Waals surface area contributed by atoms with Gasteiger partial charge >= 0.3 is 0 Å². The lowest BCUT2D eigenvalue weighted by Gasteiger charge is -2.32. The van der Waals surface area contributed by atoms with Crippen LogP contribution in [0.3, 0.4) is 0 Å². The second-order valence-electron chi connectivity index (χ2n) is 6.57. The summed E-state index contributed by atoms with van der Waals surface area (Å²) in [5.74, 6) is 0. The lowest BCUT2D eigenvalue weighted by atomic mass is 9.94. The number of benzene rings is 2. The van der Waals surface area contributed by atoms with E-state index >= 15 is 0 Å². The molecule has 0 spiro atoms. The molecular weight excluding hydrogens is 366 g/mol. The minimum absolute atomic E-state index is 0.0589. The lowest BCUT2D eigenvalue weighted by Crippen LogP contribution is -2.22. The summed E-state index contributed by atoms with van der Waals surface area (Å²) < 4.78 is 0. The van der Waals surface area contributed by atoms with E-state index < -0.39 is 0 Å². The summed E-state index contributed by atoms with van der Waals surface area (Å²) in [4.78, 5) is 10.9. The number of rotatable bonds is 5. The maximum absolute atomic E-state index is 6.25. The topological polar surface area (TPSA) is 29.0 Å². The van der Waals surface area contributed by atoms with Gasteiger partial charge in [0.1, 0.15) is 0 Å². The molecular formula is C24H20ClN3. The normalized spacial score (nSPS) is 11.8. The fraction of sp³-hybridized carbons (Fsp3) is 0.0833. The number of aromatic nitrogens is 2. The molecule has 138 valence electrons. The molecule has 0 radical (unpaired) electrons. The smallest absolute Gasteiger partial charge is 0.0603 e. The zero-order valence-corrected chi connectivity index (χ0v) is 16.3. The highest BCUT2D eigenvalue weighted by Gasteiger charge is 2.21. The molecule has 0 N–H and O–H groups in total. The highest BCUT2D eigenvalue weighted by Crippen LogP contribution is 2.38. The molecule has 0 saturated heterocycles. The van der Waals surface area contributed by atoms with Crippen LogP contribution >= 0.6 is 11.6 Å². The van der Waals surface area contributed by atoms with Crippen LogP contribution in [0.1, 0.15) is 18.5 Å². The second kappa shape index (κ2) is 8.24. The van der Waals surface area contributed by atoms with Crippen molar-refractivity contribution in [1.29, 1.82) is 0 Å². The molecule has 1 atom stereocenters. The standard InChI is InChI=1S/C24H20ClN3/c1-18(23-11-2-3-12-24(23)19-7-4-8-20(25)15-19)28(21-9-5-13-26-16-21)22-10-6-14-27-17-22/h2-18H,1H3. The van der Waals surface area contributed by atoms with Gasteiger partial charge < -0.3 is 4.90 Å². The van der Waals surface area contributed by atoms with Crippen molar-refractivity contribution >= 4 is 23.0 Å². The first-order valence-corrected chi connectivity index (χ1v) is 9.56. The minimum atomic E-state index is 0.0589. The first-order valence-electron chi connectivity index (χ1n) is 9.18. The Morgan fingerprint density at radius 2 is 1.46 bits per heavy atom. The van der Waals surface area contributed by atoms with Gasteiger partial charge in [-0.05, 0) is 60.0 Å². The number of anilines is 2. The molecule has 0 aliphatic carbocycles. The Kier molecular flexibility index (Phi) is 5.36. The average molecular weight is 386 g/mol. The quantitative estimate of drug-likeness (QED) is 0.383. The van der Waals surface area contributed by atoms with Crippen LogP contribution in [0.2, 0.25) is 5.02 Å². The van der Waals surface area contributed by atoms with Crippen LogP contribution in [0.25, 0.3) is 11.1 Å². The molecule has 28 heavy (non-hydrogen) atoms. The van der Waals surface area contributed by atoms with Gasteiger partial charge in [-0.3, -0.25) is 9.97 Å². The second-order valence-corrected chi connectivity index (χ2v) is 7.00. The molecule has 2 aromatic heterocycles. The van der Waals surface area contributed by atoms with E-state index in [2.05, 4.69) is 64.3 Å². The highest BCUT2D eigenvalue weighted by atomic mass is 35.5. The molecule has 4 rings (SSSR count). The Labute approximate surface area is 170 Å². The van der Waals surface area contributed by atoms with E-state index in [1.807, 2.05) is 42.7 Å². The van der Waals surface area contributed by atoms with Gasteiger partial charge in [-0.25, -0.2) is 0 Å². The van der Waals surface area contributed by atoms with Gasteiger partial charge in [-0.2, -0.15) is 0 Å². The Morgan fingerprint density at radius 1 is 0.786 bits per heavy atom. The van der Waals surface area contributed by atoms with Crippen molar-refractivity contribution in [2.75, 3.05) is 4.90 Å². The van der Waals surface area contributed by atoms with Crippen LogP contribution in [-0.4, -0.2) is 9.97 Å². The van der Waals surface area contributed by atoms with Crippen molar-refractivity contribution in [3.8, 4) is 11.1 Å². The van der Waals surface area contributed by atoms with Crippen LogP contribution in [-0.2, 0) is 0 Å². The Bertz CT molecular complexity index is 1010. The van der Waals surface area contributed by atoms with E-state index in [0.717, 1.165) is 27.5 Å². The molecule has 3 nitrogen and oxygen atoms in total. The average Bonchev–Trinajstić information content (AvgIpc) is 2.75. The van der Waals surface area contributed by atoms with Gasteiger partial charge in [0.15, 0.2) is 0 Å². The van der Waals surface area contributed by atoms with Crippen LogP contribution in [0, 0.1) is 0 Å². The van der Waals surface area contributed by atoms with E-state index in [4.69, 9.17) is 11.6 Å². The van der Waals surface area contributed by atoms with Crippen molar-refractivity contribution in [3.05, 3.63) is 108 Å². The molecule has 0 amide bonds. The number of pyridine rings is 2. The fourth-order valence-corrected chi connectivity index (χ4v) is 3.70. The van der Waals surface area contributed by atoms with E-state index in [1.165, 1.54) is 5.56 Å². The molecule has 2 heterocycles. The maximum Gasteiger partial charge on any atom is 0.0603 e. The minimum Gasteiger partial charge on any atom is -0.332 e. The van der Waals surface area contributed by atoms with E-state index in [9.17, 15) is 0 Å². The van der Waals surface area contributed by atoms with Gasteiger partial charge in [0.25, 0.3) is 0 Å². The number of halogens is 1. The summed E-state index contributed by atoms with van der Waals surface area (Å²) in [6.07, 6.45) is 7.34. The molecule has 0 bridgehead atoms. The summed E-state index contributed by atoms with van der Waals surface area (Å²) >= 11 is 6.25. The summed E-state index contributed by atoms with van der Waals surface area (Å²) in [7, 11) is 0. The van der Waals surface area contributed by atoms with Crippen molar-refractivity contribution in [1.82, 2.24) is 9.97 Å². The van der Waals surface area contributed by atoms with Crippen molar-refractivity contribution in [2.24, 2.45) is 0 Å². The summed E-state index contributed by atoms with van der Waals surface area (Å²) in [6.45, 7) is 2.20. The van der Waals surface area contributed by atoms with Crippen LogP contribution in [0.5, 0.6) is 0 Å². The number of hydrogen-bond donors (Lipinski definition) is 0. The first-order chi connectivity index (χ1) is 13.7. The third-order valence-electron chi connectivity index (χ3n) is 4.78. The predicted molar refractivity (Wildman–Crippen MR) is 116 cm³/mol. The third-order valence-corrected chi connectivity index (χ3v) is 5.02. The first kappa shape index (κ1) is 18.2. The molecule has 4 heteroatoms. The molecule has 0 saturated carbocycles. The zero-order valence-electron chi connectivity index (χ0n) is 15.5. The molecule has 2 aromatic carbocycles. The monoisotopic (exact) mass is 385 g/mol.